The van der Waals surface area contributed by atoms with Crippen molar-refractivity contribution in [2.24, 2.45) is 5.92 Å². The van der Waals surface area contributed by atoms with Gasteiger partial charge < -0.3 is 14.8 Å². The van der Waals surface area contributed by atoms with E-state index in [0.717, 1.165) is 17.5 Å². The Balaban J connectivity index is 1.44. The van der Waals surface area contributed by atoms with Gasteiger partial charge in [0.15, 0.2) is 0 Å². The van der Waals surface area contributed by atoms with Gasteiger partial charge in [-0.15, -0.1) is 0 Å². The number of nitrogens with one attached hydrogen (secondary N) is 1. The summed E-state index contributed by atoms with van der Waals surface area (Å²) >= 11 is 0. The van der Waals surface area contributed by atoms with Crippen LogP contribution in [0.2, 0.25) is 0 Å². The zero-order chi connectivity index (χ0) is 21.5. The zero-order valence-electron chi connectivity index (χ0n) is 18.2. The third-order valence-electron chi connectivity index (χ3n) is 6.63. The second kappa shape index (κ2) is 7.88. The van der Waals surface area contributed by atoms with Gasteiger partial charge in [-0.3, -0.25) is 9.59 Å². The van der Waals surface area contributed by atoms with Gasteiger partial charge in [0.2, 0.25) is 11.8 Å². The SMILES string of the molecule is CC(C)CC(=O)N1Cc2ccccc2CC1C(=O)N1CCc2[nH]c3ccccc3c2C1. The number of fused-ring (bicyclic) bond motifs is 4. The first kappa shape index (κ1) is 19.9. The molecule has 5 heteroatoms. The molecule has 0 aliphatic carbocycles. The molecule has 0 saturated carbocycles. The average molecular weight is 416 g/mol. The molecular weight excluding hydrogens is 386 g/mol. The fraction of sp³-hybridized carbons (Fsp3) is 0.385. The largest absolute Gasteiger partial charge is 0.358 e. The van der Waals surface area contributed by atoms with Crippen molar-refractivity contribution in [2.45, 2.75) is 52.2 Å². The Hall–Kier alpha value is -3.08. The normalized spacial score (nSPS) is 18.2. The maximum absolute atomic E-state index is 13.8. The third kappa shape index (κ3) is 3.62. The minimum Gasteiger partial charge on any atom is -0.358 e. The Labute approximate surface area is 183 Å². The number of carbonyl (C=O) groups excluding carboxylic acids is 2. The number of hydrogen-bond acceptors (Lipinski definition) is 2. The highest BCUT2D eigenvalue weighted by atomic mass is 16.2. The highest BCUT2D eigenvalue weighted by Crippen LogP contribution is 2.30. The van der Waals surface area contributed by atoms with E-state index in [1.807, 2.05) is 34.1 Å². The van der Waals surface area contributed by atoms with Crippen LogP contribution in [0.15, 0.2) is 48.5 Å². The lowest BCUT2D eigenvalue weighted by atomic mass is 9.91. The van der Waals surface area contributed by atoms with Gasteiger partial charge in [-0.05, 0) is 23.1 Å². The van der Waals surface area contributed by atoms with Crippen molar-refractivity contribution in [2.75, 3.05) is 6.54 Å². The van der Waals surface area contributed by atoms with Gasteiger partial charge in [0, 0.05) is 61.1 Å². The molecule has 2 aliphatic rings. The fourth-order valence-electron chi connectivity index (χ4n) is 5.04. The van der Waals surface area contributed by atoms with Gasteiger partial charge in [0.25, 0.3) is 0 Å². The quantitative estimate of drug-likeness (QED) is 0.702. The lowest BCUT2D eigenvalue weighted by Gasteiger charge is -2.40. The summed E-state index contributed by atoms with van der Waals surface area (Å²) in [5, 5.41) is 1.19. The maximum Gasteiger partial charge on any atom is 0.246 e. The van der Waals surface area contributed by atoms with E-state index in [1.165, 1.54) is 22.2 Å². The van der Waals surface area contributed by atoms with E-state index in [-0.39, 0.29) is 17.7 Å². The number of para-hydroxylation sites is 1. The smallest absolute Gasteiger partial charge is 0.246 e. The second-order valence-corrected chi connectivity index (χ2v) is 9.25. The molecule has 0 saturated heterocycles. The molecule has 5 nitrogen and oxygen atoms in total. The number of H-pyrrole nitrogens is 1. The van der Waals surface area contributed by atoms with Crippen LogP contribution < -0.4 is 0 Å². The predicted molar refractivity (Wildman–Crippen MR) is 121 cm³/mol. The monoisotopic (exact) mass is 415 g/mol. The van der Waals surface area contributed by atoms with E-state index >= 15 is 0 Å². The summed E-state index contributed by atoms with van der Waals surface area (Å²) in [4.78, 5) is 34.1. The van der Waals surface area contributed by atoms with Crippen molar-refractivity contribution in [1.29, 1.82) is 0 Å². The van der Waals surface area contributed by atoms with Crippen LogP contribution in [0, 0.1) is 5.92 Å². The molecule has 0 radical (unpaired) electrons. The summed E-state index contributed by atoms with van der Waals surface area (Å²) in [5.41, 5.74) is 5.90. The summed E-state index contributed by atoms with van der Waals surface area (Å²) in [6.45, 7) is 5.90. The Morgan fingerprint density at radius 3 is 2.58 bits per heavy atom. The van der Waals surface area contributed by atoms with Crippen LogP contribution in [-0.4, -0.2) is 39.2 Å². The van der Waals surface area contributed by atoms with Crippen LogP contribution in [-0.2, 0) is 35.5 Å². The molecule has 1 aromatic heterocycles. The Bertz CT molecular complexity index is 1150. The number of amides is 2. The first-order chi connectivity index (χ1) is 15.0. The highest BCUT2D eigenvalue weighted by Gasteiger charge is 2.38. The van der Waals surface area contributed by atoms with Gasteiger partial charge in [-0.25, -0.2) is 0 Å². The van der Waals surface area contributed by atoms with E-state index in [9.17, 15) is 9.59 Å². The first-order valence-corrected chi connectivity index (χ1v) is 11.2. The fourth-order valence-corrected chi connectivity index (χ4v) is 5.04. The lowest BCUT2D eigenvalue weighted by molar-refractivity contribution is -0.148. The van der Waals surface area contributed by atoms with Crippen molar-refractivity contribution in [1.82, 2.24) is 14.8 Å². The highest BCUT2D eigenvalue weighted by molar-refractivity contribution is 5.90. The van der Waals surface area contributed by atoms with Crippen molar-refractivity contribution in [3.63, 3.8) is 0 Å². The van der Waals surface area contributed by atoms with Crippen molar-refractivity contribution in [3.05, 3.63) is 70.9 Å². The molecule has 2 aromatic carbocycles. The molecule has 3 aromatic rings. The zero-order valence-corrected chi connectivity index (χ0v) is 18.2. The minimum atomic E-state index is -0.423. The number of aromatic nitrogens is 1. The van der Waals surface area contributed by atoms with Gasteiger partial charge in [0.05, 0.1) is 0 Å². The first-order valence-electron chi connectivity index (χ1n) is 11.2. The number of benzene rings is 2. The molecule has 1 N–H and O–H groups in total. The summed E-state index contributed by atoms with van der Waals surface area (Å²) in [6, 6.07) is 16.1. The number of carbonyl (C=O) groups is 2. The van der Waals surface area contributed by atoms with Crippen molar-refractivity contribution in [3.8, 4) is 0 Å². The number of hydrogen-bond donors (Lipinski definition) is 1. The van der Waals surface area contributed by atoms with Gasteiger partial charge in [-0.2, -0.15) is 0 Å². The molecule has 5 rings (SSSR count). The van der Waals surface area contributed by atoms with E-state index in [2.05, 4.69) is 43.1 Å². The molecule has 160 valence electrons. The minimum absolute atomic E-state index is 0.0718. The molecule has 1 unspecified atom stereocenters. The topological polar surface area (TPSA) is 56.4 Å². The van der Waals surface area contributed by atoms with Gasteiger partial charge in [-0.1, -0.05) is 56.3 Å². The maximum atomic E-state index is 13.8. The van der Waals surface area contributed by atoms with Crippen LogP contribution in [0.1, 0.15) is 42.7 Å². The van der Waals surface area contributed by atoms with Gasteiger partial charge in [0.1, 0.15) is 6.04 Å². The molecular formula is C26H29N3O2. The van der Waals surface area contributed by atoms with E-state index in [4.69, 9.17) is 0 Å². The molecule has 3 heterocycles. The molecule has 1 atom stereocenters. The van der Waals surface area contributed by atoms with Crippen molar-refractivity contribution >= 4 is 22.7 Å². The summed E-state index contributed by atoms with van der Waals surface area (Å²) in [5.74, 6) is 0.416. The molecule has 0 bridgehead atoms. The van der Waals surface area contributed by atoms with Gasteiger partial charge >= 0.3 is 0 Å². The third-order valence-corrected chi connectivity index (χ3v) is 6.63. The molecule has 0 fully saturated rings. The van der Waals surface area contributed by atoms with Crippen LogP contribution >= 0.6 is 0 Å². The molecule has 0 spiro atoms. The average Bonchev–Trinajstić information content (AvgIpc) is 3.15. The van der Waals surface area contributed by atoms with E-state index in [1.54, 1.807) is 0 Å². The predicted octanol–water partition coefficient (Wildman–Crippen LogP) is 4.05. The Morgan fingerprint density at radius 1 is 1.03 bits per heavy atom. The number of rotatable bonds is 3. The number of aromatic amines is 1. The van der Waals surface area contributed by atoms with Crippen LogP contribution in [0.25, 0.3) is 10.9 Å². The van der Waals surface area contributed by atoms with Crippen LogP contribution in [0.5, 0.6) is 0 Å². The summed E-state index contributed by atoms with van der Waals surface area (Å²) in [6.07, 6.45) is 1.88. The molecule has 31 heavy (non-hydrogen) atoms. The van der Waals surface area contributed by atoms with Crippen molar-refractivity contribution < 1.29 is 9.59 Å². The molecule has 2 aliphatic heterocycles. The summed E-state index contributed by atoms with van der Waals surface area (Å²) in [7, 11) is 0. The van der Waals surface area contributed by atoms with E-state index < -0.39 is 6.04 Å². The molecule has 2 amide bonds. The standard InChI is InChI=1S/C26H29N3O2/c1-17(2)13-25(30)29-15-19-8-4-3-7-18(19)14-24(29)26(31)28-12-11-23-21(16-28)20-9-5-6-10-22(20)27-23/h3-10,17,24,27H,11-16H2,1-2H3. The Kier molecular flexibility index (Phi) is 5.05. The number of nitrogens with zero attached hydrogens (tertiary/aromatic N) is 2. The van der Waals surface area contributed by atoms with Crippen LogP contribution in [0.3, 0.4) is 0 Å². The lowest BCUT2D eigenvalue weighted by Crippen LogP contribution is -2.54. The summed E-state index contributed by atoms with van der Waals surface area (Å²) < 4.78 is 0. The Morgan fingerprint density at radius 2 is 1.77 bits per heavy atom. The van der Waals surface area contributed by atoms with E-state index in [0.29, 0.717) is 32.5 Å². The van der Waals surface area contributed by atoms with Crippen LogP contribution in [0.4, 0.5) is 0 Å². The second-order valence-electron chi connectivity index (χ2n) is 9.25.